The van der Waals surface area contributed by atoms with Crippen molar-refractivity contribution in [1.82, 2.24) is 0 Å². The molecule has 0 atom stereocenters. The van der Waals surface area contributed by atoms with E-state index in [0.29, 0.717) is 21.7 Å². The first kappa shape index (κ1) is 11.8. The molecule has 0 fully saturated rings. The molecular formula is C10H11BrO4. The van der Waals surface area contributed by atoms with Crippen molar-refractivity contribution >= 4 is 21.9 Å². The number of esters is 1. The zero-order chi connectivity index (χ0) is 11.4. The number of hydrogen-bond acceptors (Lipinski definition) is 4. The molecule has 0 aromatic heterocycles. The first-order valence-corrected chi connectivity index (χ1v) is 4.98. The first-order valence-electron chi connectivity index (χ1n) is 4.19. The molecule has 0 saturated carbocycles. The summed E-state index contributed by atoms with van der Waals surface area (Å²) in [6.07, 6.45) is 0. The number of methoxy groups -OCH3 is 2. The molecule has 0 aliphatic heterocycles. The molecule has 4 nitrogen and oxygen atoms in total. The molecule has 0 unspecified atom stereocenters. The SMILES string of the molecule is COc1ccc(OC(C)=O)c(Br)c1OC. The zero-order valence-electron chi connectivity index (χ0n) is 8.67. The number of rotatable bonds is 3. The van der Waals surface area contributed by atoms with E-state index in [1.54, 1.807) is 12.1 Å². The Bertz CT molecular complexity index is 376. The maximum atomic E-state index is 10.8. The highest BCUT2D eigenvalue weighted by atomic mass is 79.9. The molecule has 0 bridgehead atoms. The monoisotopic (exact) mass is 274 g/mol. The lowest BCUT2D eigenvalue weighted by atomic mass is 10.3. The van der Waals surface area contributed by atoms with Crippen molar-refractivity contribution in [3.8, 4) is 17.2 Å². The van der Waals surface area contributed by atoms with Gasteiger partial charge < -0.3 is 14.2 Å². The third-order valence-corrected chi connectivity index (χ3v) is 2.45. The summed E-state index contributed by atoms with van der Waals surface area (Å²) in [6.45, 7) is 1.34. The Kier molecular flexibility index (Phi) is 3.96. The van der Waals surface area contributed by atoms with Gasteiger partial charge in [-0.25, -0.2) is 0 Å². The second-order valence-corrected chi connectivity index (χ2v) is 3.50. The van der Waals surface area contributed by atoms with E-state index in [9.17, 15) is 4.79 Å². The smallest absolute Gasteiger partial charge is 0.308 e. The van der Waals surface area contributed by atoms with Crippen molar-refractivity contribution in [2.24, 2.45) is 0 Å². The molecule has 0 N–H and O–H groups in total. The summed E-state index contributed by atoms with van der Waals surface area (Å²) in [5.41, 5.74) is 0. The Labute approximate surface area is 96.3 Å². The minimum atomic E-state index is -0.386. The van der Waals surface area contributed by atoms with Gasteiger partial charge in [-0.05, 0) is 28.1 Å². The molecule has 0 aliphatic rings. The average Bonchev–Trinajstić information content (AvgIpc) is 2.20. The Hall–Kier alpha value is -1.23. The molecule has 15 heavy (non-hydrogen) atoms. The minimum absolute atomic E-state index is 0.386. The van der Waals surface area contributed by atoms with Crippen LogP contribution in [0.3, 0.4) is 0 Å². The summed E-state index contributed by atoms with van der Waals surface area (Å²) in [7, 11) is 3.05. The van der Waals surface area contributed by atoms with Gasteiger partial charge in [0.15, 0.2) is 11.5 Å². The largest absolute Gasteiger partial charge is 0.493 e. The van der Waals surface area contributed by atoms with Gasteiger partial charge in [-0.15, -0.1) is 0 Å². The van der Waals surface area contributed by atoms with Crippen LogP contribution in [0.5, 0.6) is 17.2 Å². The molecule has 0 amide bonds. The van der Waals surface area contributed by atoms with E-state index in [4.69, 9.17) is 14.2 Å². The standard InChI is InChI=1S/C10H11BrO4/c1-6(12)15-7-4-5-8(13-2)10(14-3)9(7)11/h4-5H,1-3H3. The van der Waals surface area contributed by atoms with Gasteiger partial charge in [0.05, 0.1) is 14.2 Å². The maximum Gasteiger partial charge on any atom is 0.308 e. The maximum absolute atomic E-state index is 10.8. The van der Waals surface area contributed by atoms with E-state index in [1.165, 1.54) is 21.1 Å². The van der Waals surface area contributed by atoms with Gasteiger partial charge in [-0.2, -0.15) is 0 Å². The summed E-state index contributed by atoms with van der Waals surface area (Å²) in [5, 5.41) is 0. The van der Waals surface area contributed by atoms with Gasteiger partial charge in [0.2, 0.25) is 0 Å². The van der Waals surface area contributed by atoms with Gasteiger partial charge in [-0.1, -0.05) is 0 Å². The molecule has 0 spiro atoms. The van der Waals surface area contributed by atoms with Crippen LogP contribution in [0.4, 0.5) is 0 Å². The molecule has 0 heterocycles. The van der Waals surface area contributed by atoms with Crippen molar-refractivity contribution in [3.63, 3.8) is 0 Å². The molecule has 0 radical (unpaired) electrons. The molecule has 1 rings (SSSR count). The van der Waals surface area contributed by atoms with Crippen LogP contribution < -0.4 is 14.2 Å². The number of carbonyl (C=O) groups is 1. The molecule has 1 aromatic carbocycles. The quantitative estimate of drug-likeness (QED) is 0.627. The number of hydrogen-bond donors (Lipinski definition) is 0. The van der Waals surface area contributed by atoms with Crippen molar-refractivity contribution in [2.45, 2.75) is 6.92 Å². The number of ether oxygens (including phenoxy) is 3. The van der Waals surface area contributed by atoms with Crippen LogP contribution in [0.1, 0.15) is 6.92 Å². The highest BCUT2D eigenvalue weighted by Gasteiger charge is 2.14. The van der Waals surface area contributed by atoms with Gasteiger partial charge in [0.25, 0.3) is 0 Å². The summed E-state index contributed by atoms with van der Waals surface area (Å²) in [5.74, 6) is 1.08. The van der Waals surface area contributed by atoms with Gasteiger partial charge >= 0.3 is 5.97 Å². The normalized spacial score (nSPS) is 9.60. The second kappa shape index (κ2) is 5.02. The Morgan fingerprint density at radius 2 is 1.80 bits per heavy atom. The third kappa shape index (κ3) is 2.62. The Balaban J connectivity index is 3.16. The van der Waals surface area contributed by atoms with E-state index in [0.717, 1.165) is 0 Å². The van der Waals surface area contributed by atoms with Crippen LogP contribution >= 0.6 is 15.9 Å². The predicted molar refractivity (Wildman–Crippen MR) is 58.6 cm³/mol. The van der Waals surface area contributed by atoms with Gasteiger partial charge in [0, 0.05) is 6.92 Å². The summed E-state index contributed by atoms with van der Waals surface area (Å²) < 4.78 is 15.7. The topological polar surface area (TPSA) is 44.8 Å². The van der Waals surface area contributed by atoms with Gasteiger partial charge in [0.1, 0.15) is 10.2 Å². The number of carbonyl (C=O) groups excluding carboxylic acids is 1. The van der Waals surface area contributed by atoms with E-state index in [2.05, 4.69) is 15.9 Å². The van der Waals surface area contributed by atoms with Crippen LogP contribution in [0.2, 0.25) is 0 Å². The fourth-order valence-electron chi connectivity index (χ4n) is 1.10. The lowest BCUT2D eigenvalue weighted by molar-refractivity contribution is -0.131. The van der Waals surface area contributed by atoms with Crippen molar-refractivity contribution in [3.05, 3.63) is 16.6 Å². The molecule has 5 heteroatoms. The molecule has 0 aliphatic carbocycles. The van der Waals surface area contributed by atoms with Crippen LogP contribution in [0.25, 0.3) is 0 Å². The Morgan fingerprint density at radius 1 is 1.20 bits per heavy atom. The predicted octanol–water partition coefficient (Wildman–Crippen LogP) is 2.39. The molecule has 0 saturated heterocycles. The Morgan fingerprint density at radius 3 is 2.27 bits per heavy atom. The minimum Gasteiger partial charge on any atom is -0.493 e. The van der Waals surface area contributed by atoms with Crippen LogP contribution in [0, 0.1) is 0 Å². The van der Waals surface area contributed by atoms with Crippen molar-refractivity contribution in [2.75, 3.05) is 14.2 Å². The van der Waals surface area contributed by atoms with E-state index >= 15 is 0 Å². The second-order valence-electron chi connectivity index (χ2n) is 2.71. The fourth-order valence-corrected chi connectivity index (χ4v) is 1.68. The molecule has 82 valence electrons. The van der Waals surface area contributed by atoms with Crippen LogP contribution in [-0.2, 0) is 4.79 Å². The van der Waals surface area contributed by atoms with Crippen molar-refractivity contribution in [1.29, 1.82) is 0 Å². The van der Waals surface area contributed by atoms with E-state index in [-0.39, 0.29) is 5.97 Å². The summed E-state index contributed by atoms with van der Waals surface area (Å²) >= 11 is 3.28. The summed E-state index contributed by atoms with van der Waals surface area (Å²) in [6, 6.07) is 3.30. The highest BCUT2D eigenvalue weighted by molar-refractivity contribution is 9.10. The summed E-state index contributed by atoms with van der Waals surface area (Å²) in [4.78, 5) is 10.8. The lowest BCUT2D eigenvalue weighted by Gasteiger charge is -2.12. The number of benzene rings is 1. The van der Waals surface area contributed by atoms with E-state index in [1.807, 2.05) is 0 Å². The third-order valence-electron chi connectivity index (χ3n) is 1.70. The average molecular weight is 275 g/mol. The van der Waals surface area contributed by atoms with E-state index < -0.39 is 0 Å². The van der Waals surface area contributed by atoms with Crippen molar-refractivity contribution < 1.29 is 19.0 Å². The lowest BCUT2D eigenvalue weighted by Crippen LogP contribution is -2.03. The molecule has 1 aromatic rings. The van der Waals surface area contributed by atoms with Crippen LogP contribution in [0.15, 0.2) is 16.6 Å². The highest BCUT2D eigenvalue weighted by Crippen LogP contribution is 2.41. The fraction of sp³-hybridized carbons (Fsp3) is 0.300. The number of halogens is 1. The first-order chi connectivity index (χ1) is 7.10. The van der Waals surface area contributed by atoms with Crippen LogP contribution in [-0.4, -0.2) is 20.2 Å². The molecular weight excluding hydrogens is 264 g/mol. The van der Waals surface area contributed by atoms with Gasteiger partial charge in [-0.3, -0.25) is 4.79 Å². The zero-order valence-corrected chi connectivity index (χ0v) is 10.3.